The molecule has 2 aliphatic heterocycles. The minimum absolute atomic E-state index is 0.126. The molecule has 2 atom stereocenters. The van der Waals surface area contributed by atoms with E-state index in [1.165, 1.54) is 0 Å². The molecular formula is C19H21N5O2. The van der Waals surface area contributed by atoms with E-state index in [1.807, 2.05) is 38.1 Å². The van der Waals surface area contributed by atoms with Crippen molar-refractivity contribution in [1.29, 1.82) is 0 Å². The number of fused-ring (bicyclic) bond motifs is 3. The van der Waals surface area contributed by atoms with Crippen LogP contribution >= 0.6 is 0 Å². The monoisotopic (exact) mass is 351 g/mol. The number of aromatic nitrogens is 4. The normalized spacial score (nSPS) is 21.9. The van der Waals surface area contributed by atoms with Gasteiger partial charge in [0.2, 0.25) is 0 Å². The summed E-state index contributed by atoms with van der Waals surface area (Å²) in [4.78, 5) is 11.3. The Bertz CT molecular complexity index is 954. The smallest absolute Gasteiger partial charge is 0.133 e. The van der Waals surface area contributed by atoms with Crippen LogP contribution in [0.15, 0.2) is 30.6 Å². The fraction of sp³-hybridized carbons (Fsp3) is 0.421. The average molecular weight is 351 g/mol. The third-order valence-corrected chi connectivity index (χ3v) is 5.00. The van der Waals surface area contributed by atoms with Gasteiger partial charge in [0.15, 0.2) is 0 Å². The Balaban J connectivity index is 1.52. The van der Waals surface area contributed by atoms with E-state index in [9.17, 15) is 0 Å². The maximum atomic E-state index is 5.82. The number of H-pyrrole nitrogens is 1. The van der Waals surface area contributed by atoms with E-state index < -0.39 is 0 Å². The molecule has 0 spiro atoms. The lowest BCUT2D eigenvalue weighted by Crippen LogP contribution is -2.37. The summed E-state index contributed by atoms with van der Waals surface area (Å²) in [5.41, 5.74) is 2.59. The average Bonchev–Trinajstić information content (AvgIpc) is 3.36. The number of rotatable bonds is 4. The molecule has 5 rings (SSSR count). The molecule has 1 N–H and O–H groups in total. The summed E-state index contributed by atoms with van der Waals surface area (Å²) >= 11 is 0. The molecular weight excluding hydrogens is 330 g/mol. The molecule has 0 radical (unpaired) electrons. The number of anilines is 1. The highest BCUT2D eigenvalue weighted by Crippen LogP contribution is 2.34. The van der Waals surface area contributed by atoms with Crippen LogP contribution in [0, 0.1) is 0 Å². The lowest BCUT2D eigenvalue weighted by atomic mass is 10.1. The van der Waals surface area contributed by atoms with Crippen LogP contribution < -0.4 is 9.64 Å². The van der Waals surface area contributed by atoms with Gasteiger partial charge in [0, 0.05) is 18.0 Å². The largest absolute Gasteiger partial charge is 0.491 e. The number of ether oxygens (including phenoxy) is 2. The van der Waals surface area contributed by atoms with Gasteiger partial charge in [-0.2, -0.15) is 5.10 Å². The van der Waals surface area contributed by atoms with Crippen molar-refractivity contribution in [3.8, 4) is 17.1 Å². The van der Waals surface area contributed by atoms with Crippen LogP contribution in [0.2, 0.25) is 0 Å². The molecule has 26 heavy (non-hydrogen) atoms. The fourth-order valence-electron chi connectivity index (χ4n) is 3.85. The Hall–Kier alpha value is -2.67. The summed E-state index contributed by atoms with van der Waals surface area (Å²) in [6.07, 6.45) is 3.16. The SMILES string of the molecule is CC(C)Oc1ccc2[nH]nc(-c3cc(N4CC5CC4CO5)ncn3)c2c1. The first-order valence-corrected chi connectivity index (χ1v) is 9.03. The number of aromatic amines is 1. The summed E-state index contributed by atoms with van der Waals surface area (Å²) in [5, 5.41) is 8.57. The zero-order valence-electron chi connectivity index (χ0n) is 14.8. The van der Waals surface area contributed by atoms with E-state index in [0.29, 0.717) is 12.1 Å². The lowest BCUT2D eigenvalue weighted by Gasteiger charge is -2.27. The second kappa shape index (κ2) is 5.95. The molecule has 0 amide bonds. The van der Waals surface area contributed by atoms with Crippen LogP contribution in [0.25, 0.3) is 22.3 Å². The maximum Gasteiger partial charge on any atom is 0.133 e. The fourth-order valence-corrected chi connectivity index (χ4v) is 3.85. The number of hydrogen-bond acceptors (Lipinski definition) is 6. The Morgan fingerprint density at radius 3 is 2.96 bits per heavy atom. The van der Waals surface area contributed by atoms with E-state index in [2.05, 4.69) is 25.1 Å². The first kappa shape index (κ1) is 15.6. The highest BCUT2D eigenvalue weighted by Gasteiger charge is 2.39. The van der Waals surface area contributed by atoms with Gasteiger partial charge < -0.3 is 14.4 Å². The Morgan fingerprint density at radius 1 is 1.27 bits per heavy atom. The van der Waals surface area contributed by atoms with E-state index in [0.717, 1.165) is 53.4 Å². The van der Waals surface area contributed by atoms with Crippen LogP contribution in [-0.4, -0.2) is 51.6 Å². The van der Waals surface area contributed by atoms with Gasteiger partial charge in [-0.05, 0) is 38.5 Å². The summed E-state index contributed by atoms with van der Waals surface area (Å²) in [5.74, 6) is 1.77. The lowest BCUT2D eigenvalue weighted by molar-refractivity contribution is 0.0989. The van der Waals surface area contributed by atoms with Gasteiger partial charge in [-0.3, -0.25) is 5.10 Å². The molecule has 3 aromatic rings. The van der Waals surface area contributed by atoms with Crippen LogP contribution in [0.4, 0.5) is 5.82 Å². The Morgan fingerprint density at radius 2 is 2.19 bits per heavy atom. The van der Waals surface area contributed by atoms with Crippen LogP contribution in [0.3, 0.4) is 0 Å². The molecule has 2 unspecified atom stereocenters. The Kier molecular flexibility index (Phi) is 3.56. The van der Waals surface area contributed by atoms with E-state index in [4.69, 9.17) is 9.47 Å². The topological polar surface area (TPSA) is 76.2 Å². The van der Waals surface area contributed by atoms with Gasteiger partial charge in [-0.15, -0.1) is 0 Å². The molecule has 7 nitrogen and oxygen atoms in total. The third kappa shape index (κ3) is 2.59. The quantitative estimate of drug-likeness (QED) is 0.779. The molecule has 134 valence electrons. The predicted molar refractivity (Wildman–Crippen MR) is 98.4 cm³/mol. The second-order valence-corrected chi connectivity index (χ2v) is 7.20. The van der Waals surface area contributed by atoms with Crippen molar-refractivity contribution >= 4 is 16.7 Å². The van der Waals surface area contributed by atoms with Crippen molar-refractivity contribution in [2.45, 2.75) is 38.5 Å². The highest BCUT2D eigenvalue weighted by molar-refractivity contribution is 5.93. The molecule has 7 heteroatoms. The Labute approximate surface area is 151 Å². The molecule has 2 aliphatic rings. The summed E-state index contributed by atoms with van der Waals surface area (Å²) in [6.45, 7) is 5.72. The minimum Gasteiger partial charge on any atom is -0.491 e. The van der Waals surface area contributed by atoms with Gasteiger partial charge in [-0.1, -0.05) is 0 Å². The van der Waals surface area contributed by atoms with Crippen molar-refractivity contribution < 1.29 is 9.47 Å². The number of hydrogen-bond donors (Lipinski definition) is 1. The summed E-state index contributed by atoms with van der Waals surface area (Å²) in [7, 11) is 0. The molecule has 1 aromatic carbocycles. The van der Waals surface area contributed by atoms with Crippen molar-refractivity contribution in [1.82, 2.24) is 20.2 Å². The first-order chi connectivity index (χ1) is 12.7. The van der Waals surface area contributed by atoms with Gasteiger partial charge in [0.1, 0.15) is 23.6 Å². The van der Waals surface area contributed by atoms with Crippen molar-refractivity contribution in [2.24, 2.45) is 0 Å². The molecule has 2 bridgehead atoms. The zero-order chi connectivity index (χ0) is 17.7. The predicted octanol–water partition coefficient (Wildman–Crippen LogP) is 2.78. The number of nitrogens with zero attached hydrogens (tertiary/aromatic N) is 4. The van der Waals surface area contributed by atoms with Crippen LogP contribution in [0.5, 0.6) is 5.75 Å². The van der Waals surface area contributed by atoms with Crippen molar-refractivity contribution in [3.05, 3.63) is 30.6 Å². The molecule has 2 fully saturated rings. The molecule has 0 aliphatic carbocycles. The van der Waals surface area contributed by atoms with Crippen molar-refractivity contribution in [2.75, 3.05) is 18.1 Å². The third-order valence-electron chi connectivity index (χ3n) is 5.00. The highest BCUT2D eigenvalue weighted by atomic mass is 16.5. The molecule has 2 saturated heterocycles. The zero-order valence-corrected chi connectivity index (χ0v) is 14.8. The van der Waals surface area contributed by atoms with Gasteiger partial charge in [0.05, 0.1) is 36.1 Å². The molecule has 0 saturated carbocycles. The van der Waals surface area contributed by atoms with Crippen LogP contribution in [-0.2, 0) is 4.74 Å². The van der Waals surface area contributed by atoms with Gasteiger partial charge in [0.25, 0.3) is 0 Å². The minimum atomic E-state index is 0.126. The van der Waals surface area contributed by atoms with E-state index in [-0.39, 0.29) is 6.10 Å². The second-order valence-electron chi connectivity index (χ2n) is 7.20. The molecule has 4 heterocycles. The van der Waals surface area contributed by atoms with Crippen molar-refractivity contribution in [3.63, 3.8) is 0 Å². The van der Waals surface area contributed by atoms with Gasteiger partial charge >= 0.3 is 0 Å². The summed E-state index contributed by atoms with van der Waals surface area (Å²) < 4.78 is 11.5. The molecule has 2 aromatic heterocycles. The van der Waals surface area contributed by atoms with Gasteiger partial charge in [-0.25, -0.2) is 9.97 Å². The standard InChI is InChI=1S/C19H21N5O2/c1-11(2)26-13-3-4-16-15(6-13)19(23-22-16)17-7-18(21-10-20-17)24-8-14-5-12(24)9-25-14/h3-4,6-7,10-12,14H,5,8-9H2,1-2H3,(H,22,23). The van der Waals surface area contributed by atoms with Crippen LogP contribution in [0.1, 0.15) is 20.3 Å². The number of nitrogens with one attached hydrogen (secondary N) is 1. The van der Waals surface area contributed by atoms with E-state index >= 15 is 0 Å². The maximum absolute atomic E-state index is 5.82. The summed E-state index contributed by atoms with van der Waals surface area (Å²) in [6, 6.07) is 8.40. The first-order valence-electron chi connectivity index (χ1n) is 9.03. The number of morpholine rings is 1. The number of benzene rings is 1. The van der Waals surface area contributed by atoms with E-state index in [1.54, 1.807) is 6.33 Å².